The molecule has 0 aromatic heterocycles. The van der Waals surface area contributed by atoms with Crippen molar-refractivity contribution in [3.05, 3.63) is 23.2 Å². The van der Waals surface area contributed by atoms with Gasteiger partial charge in [-0.25, -0.2) is 0 Å². The highest BCUT2D eigenvalue weighted by Gasteiger charge is 2.00. The monoisotopic (exact) mass is 230 g/mol. The van der Waals surface area contributed by atoms with E-state index in [-0.39, 0.29) is 0 Å². The molecule has 0 saturated heterocycles. The number of benzene rings is 1. The number of nitrogens with two attached hydrogens (primary N) is 1. The van der Waals surface area contributed by atoms with Crippen molar-refractivity contribution in [3.63, 3.8) is 0 Å². The maximum atomic E-state index is 5.82. The Hall–Kier alpha value is -0.380. The molecular weight excluding hydrogens is 216 g/mol. The molecule has 0 heterocycles. The summed E-state index contributed by atoms with van der Waals surface area (Å²) in [6, 6.07) is 5.63. The first-order chi connectivity index (χ1) is 6.59. The van der Waals surface area contributed by atoms with Gasteiger partial charge in [-0.05, 0) is 32.3 Å². The Bertz CT molecular complexity index is 302. The van der Waals surface area contributed by atoms with Crippen LogP contribution >= 0.6 is 23.4 Å². The molecule has 0 aliphatic carbocycles. The number of nitrogen functional groups attached to an aromatic ring is 1. The standard InChI is InChI=1S/C10H15ClN2S/c1-13(2)5-6-14-10-4-3-8(11)7-9(10)12/h3-4,7H,5-6,12H2,1-2H3. The third kappa shape index (κ3) is 3.78. The molecular formula is C10H15ClN2S. The van der Waals surface area contributed by atoms with E-state index in [4.69, 9.17) is 17.3 Å². The lowest BCUT2D eigenvalue weighted by molar-refractivity contribution is 0.437. The third-order valence-electron chi connectivity index (χ3n) is 1.77. The first kappa shape index (κ1) is 11.7. The van der Waals surface area contributed by atoms with Gasteiger partial charge in [0, 0.05) is 27.9 Å². The molecule has 2 nitrogen and oxygen atoms in total. The molecule has 0 radical (unpaired) electrons. The molecule has 2 N–H and O–H groups in total. The van der Waals surface area contributed by atoms with Crippen LogP contribution in [0, 0.1) is 0 Å². The van der Waals surface area contributed by atoms with E-state index in [1.54, 1.807) is 17.8 Å². The van der Waals surface area contributed by atoms with Gasteiger partial charge in [0.2, 0.25) is 0 Å². The molecule has 0 amide bonds. The first-order valence-electron chi connectivity index (χ1n) is 4.42. The van der Waals surface area contributed by atoms with Crippen molar-refractivity contribution in [1.82, 2.24) is 4.90 Å². The highest BCUT2D eigenvalue weighted by Crippen LogP contribution is 2.27. The van der Waals surface area contributed by atoms with Crippen molar-refractivity contribution in [2.75, 3.05) is 32.1 Å². The third-order valence-corrected chi connectivity index (χ3v) is 3.07. The van der Waals surface area contributed by atoms with E-state index in [9.17, 15) is 0 Å². The number of halogens is 1. The van der Waals surface area contributed by atoms with Crippen LogP contribution in [0.2, 0.25) is 5.02 Å². The summed E-state index contributed by atoms with van der Waals surface area (Å²) < 4.78 is 0. The summed E-state index contributed by atoms with van der Waals surface area (Å²) in [5.74, 6) is 1.04. The molecule has 0 atom stereocenters. The van der Waals surface area contributed by atoms with Gasteiger partial charge in [-0.15, -0.1) is 11.8 Å². The average Bonchev–Trinajstić information content (AvgIpc) is 2.08. The van der Waals surface area contributed by atoms with Gasteiger partial charge in [-0.1, -0.05) is 11.6 Å². The highest BCUT2D eigenvalue weighted by atomic mass is 35.5. The van der Waals surface area contributed by atoms with Gasteiger partial charge in [0.1, 0.15) is 0 Å². The zero-order chi connectivity index (χ0) is 10.6. The minimum atomic E-state index is 0.694. The van der Waals surface area contributed by atoms with E-state index in [2.05, 4.69) is 19.0 Å². The lowest BCUT2D eigenvalue weighted by atomic mass is 10.3. The SMILES string of the molecule is CN(C)CCSc1ccc(Cl)cc1N. The van der Waals surface area contributed by atoms with Crippen molar-refractivity contribution in [2.24, 2.45) is 0 Å². The number of hydrogen-bond donors (Lipinski definition) is 1. The molecule has 0 bridgehead atoms. The van der Waals surface area contributed by atoms with Crippen molar-refractivity contribution in [3.8, 4) is 0 Å². The van der Waals surface area contributed by atoms with E-state index in [0.717, 1.165) is 22.9 Å². The van der Waals surface area contributed by atoms with Crippen LogP contribution < -0.4 is 5.73 Å². The van der Waals surface area contributed by atoms with Crippen LogP contribution in [0.3, 0.4) is 0 Å². The number of thioether (sulfide) groups is 1. The summed E-state index contributed by atoms with van der Waals surface area (Å²) in [6.07, 6.45) is 0. The topological polar surface area (TPSA) is 29.3 Å². The summed E-state index contributed by atoms with van der Waals surface area (Å²) in [5, 5.41) is 0.694. The fraction of sp³-hybridized carbons (Fsp3) is 0.400. The van der Waals surface area contributed by atoms with Gasteiger partial charge in [0.05, 0.1) is 0 Å². The van der Waals surface area contributed by atoms with Crippen LogP contribution in [-0.2, 0) is 0 Å². The van der Waals surface area contributed by atoms with E-state index in [1.165, 1.54) is 0 Å². The van der Waals surface area contributed by atoms with E-state index in [1.807, 2.05) is 12.1 Å². The number of anilines is 1. The first-order valence-corrected chi connectivity index (χ1v) is 5.78. The van der Waals surface area contributed by atoms with Crippen molar-refractivity contribution >= 4 is 29.1 Å². The van der Waals surface area contributed by atoms with Gasteiger partial charge in [-0.3, -0.25) is 0 Å². The Morgan fingerprint density at radius 2 is 2.14 bits per heavy atom. The van der Waals surface area contributed by atoms with Gasteiger partial charge in [0.15, 0.2) is 0 Å². The molecule has 0 aliphatic heterocycles. The van der Waals surface area contributed by atoms with Crippen molar-refractivity contribution in [2.45, 2.75) is 4.90 Å². The van der Waals surface area contributed by atoms with Gasteiger partial charge < -0.3 is 10.6 Å². The fourth-order valence-corrected chi connectivity index (χ4v) is 2.24. The lowest BCUT2D eigenvalue weighted by Crippen LogP contribution is -2.14. The molecule has 78 valence electrons. The Morgan fingerprint density at radius 1 is 1.43 bits per heavy atom. The zero-order valence-corrected chi connectivity index (χ0v) is 10.0. The summed E-state index contributed by atoms with van der Waals surface area (Å²) in [5.41, 5.74) is 6.58. The molecule has 1 aromatic rings. The average molecular weight is 231 g/mol. The maximum Gasteiger partial charge on any atom is 0.0467 e. The predicted octanol–water partition coefficient (Wildman–Crippen LogP) is 2.58. The molecule has 0 fully saturated rings. The predicted molar refractivity (Wildman–Crippen MR) is 65.1 cm³/mol. The van der Waals surface area contributed by atoms with Crippen LogP contribution in [0.4, 0.5) is 5.69 Å². The molecule has 4 heteroatoms. The fourth-order valence-electron chi connectivity index (χ4n) is 0.989. The van der Waals surface area contributed by atoms with E-state index < -0.39 is 0 Å². The second kappa shape index (κ2) is 5.49. The second-order valence-electron chi connectivity index (χ2n) is 3.33. The van der Waals surface area contributed by atoms with Gasteiger partial charge in [0.25, 0.3) is 0 Å². The molecule has 0 spiro atoms. The quantitative estimate of drug-likeness (QED) is 0.637. The zero-order valence-electron chi connectivity index (χ0n) is 8.46. The van der Waals surface area contributed by atoms with Gasteiger partial charge >= 0.3 is 0 Å². The van der Waals surface area contributed by atoms with Crippen LogP contribution in [0.25, 0.3) is 0 Å². The molecule has 0 unspecified atom stereocenters. The van der Waals surface area contributed by atoms with E-state index in [0.29, 0.717) is 5.02 Å². The Balaban J connectivity index is 2.51. The largest absolute Gasteiger partial charge is 0.398 e. The second-order valence-corrected chi connectivity index (χ2v) is 4.91. The smallest absolute Gasteiger partial charge is 0.0467 e. The molecule has 1 rings (SSSR count). The summed E-state index contributed by atoms with van der Waals surface area (Å²) in [4.78, 5) is 3.26. The lowest BCUT2D eigenvalue weighted by Gasteiger charge is -2.09. The maximum absolute atomic E-state index is 5.82. The Labute approximate surface area is 94.4 Å². The number of hydrogen-bond acceptors (Lipinski definition) is 3. The number of nitrogens with zero attached hydrogens (tertiary/aromatic N) is 1. The van der Waals surface area contributed by atoms with Crippen LogP contribution in [-0.4, -0.2) is 31.3 Å². The number of rotatable bonds is 4. The molecule has 14 heavy (non-hydrogen) atoms. The van der Waals surface area contributed by atoms with Crippen LogP contribution in [0.5, 0.6) is 0 Å². The summed E-state index contributed by atoms with van der Waals surface area (Å²) in [7, 11) is 4.12. The van der Waals surface area contributed by atoms with E-state index >= 15 is 0 Å². The van der Waals surface area contributed by atoms with Crippen LogP contribution in [0.1, 0.15) is 0 Å². The highest BCUT2D eigenvalue weighted by molar-refractivity contribution is 7.99. The molecule has 1 aromatic carbocycles. The Kier molecular flexibility index (Phi) is 4.58. The van der Waals surface area contributed by atoms with Crippen molar-refractivity contribution in [1.29, 1.82) is 0 Å². The molecule has 0 aliphatic rings. The van der Waals surface area contributed by atoms with Crippen molar-refractivity contribution < 1.29 is 0 Å². The van der Waals surface area contributed by atoms with Gasteiger partial charge in [-0.2, -0.15) is 0 Å². The summed E-state index contributed by atoms with van der Waals surface area (Å²) >= 11 is 7.56. The Morgan fingerprint density at radius 3 is 2.71 bits per heavy atom. The summed E-state index contributed by atoms with van der Waals surface area (Å²) in [6.45, 7) is 1.05. The van der Waals surface area contributed by atoms with Crippen LogP contribution in [0.15, 0.2) is 23.1 Å². The molecule has 0 saturated carbocycles. The normalized spacial score (nSPS) is 10.9. The minimum Gasteiger partial charge on any atom is -0.398 e. The minimum absolute atomic E-state index is 0.694.